The van der Waals surface area contributed by atoms with Crippen molar-refractivity contribution in [2.24, 2.45) is 0 Å². The van der Waals surface area contributed by atoms with Crippen molar-refractivity contribution in [1.29, 1.82) is 0 Å². The Morgan fingerprint density at radius 1 is 1.38 bits per heavy atom. The molecular formula is C15H21N7O2. The number of amides is 2. The number of hydrogen-bond acceptors (Lipinski definition) is 6. The van der Waals surface area contributed by atoms with Crippen LogP contribution in [-0.2, 0) is 4.74 Å². The van der Waals surface area contributed by atoms with Gasteiger partial charge in [-0.2, -0.15) is 4.52 Å². The summed E-state index contributed by atoms with van der Waals surface area (Å²) in [6, 6.07) is 3.82. The van der Waals surface area contributed by atoms with E-state index in [0.29, 0.717) is 6.54 Å². The van der Waals surface area contributed by atoms with Crippen LogP contribution in [0.4, 0.5) is 10.6 Å². The molecule has 0 radical (unpaired) electrons. The van der Waals surface area contributed by atoms with Crippen molar-refractivity contribution in [1.82, 2.24) is 30.4 Å². The SMILES string of the molecule is O=C(NCC1CCCO1)NC1CCN(c2ccc3nncn3n2)C1. The van der Waals surface area contributed by atoms with Gasteiger partial charge in [-0.25, -0.2) is 4.79 Å². The van der Waals surface area contributed by atoms with Crippen LogP contribution in [-0.4, -0.2) is 64.2 Å². The number of nitrogens with one attached hydrogen (secondary N) is 2. The first-order valence-corrected chi connectivity index (χ1v) is 8.36. The predicted molar refractivity (Wildman–Crippen MR) is 86.9 cm³/mol. The highest BCUT2D eigenvalue weighted by Crippen LogP contribution is 2.18. The number of urea groups is 1. The molecule has 2 aliphatic heterocycles. The lowest BCUT2D eigenvalue weighted by molar-refractivity contribution is 0.111. The molecule has 2 N–H and O–H groups in total. The highest BCUT2D eigenvalue weighted by Gasteiger charge is 2.25. The monoisotopic (exact) mass is 331 g/mol. The van der Waals surface area contributed by atoms with E-state index in [2.05, 4.69) is 30.8 Å². The zero-order chi connectivity index (χ0) is 16.4. The highest BCUT2D eigenvalue weighted by molar-refractivity contribution is 5.74. The number of anilines is 1. The summed E-state index contributed by atoms with van der Waals surface area (Å²) < 4.78 is 7.16. The molecule has 0 aromatic carbocycles. The van der Waals surface area contributed by atoms with Crippen LogP contribution in [0.15, 0.2) is 18.5 Å². The average molecular weight is 331 g/mol. The number of carbonyl (C=O) groups excluding carboxylic acids is 1. The van der Waals surface area contributed by atoms with Gasteiger partial charge >= 0.3 is 6.03 Å². The predicted octanol–water partition coefficient (Wildman–Crippen LogP) is 0.181. The number of rotatable bonds is 4. The standard InChI is InChI=1S/C15H21N7O2/c23-15(16-8-12-2-1-7-24-12)18-11-5-6-21(9-11)14-4-3-13-19-17-10-22(13)20-14/h3-4,10-12H,1-2,5-9H2,(H2,16,18,23). The Kier molecular flexibility index (Phi) is 4.16. The van der Waals surface area contributed by atoms with Crippen molar-refractivity contribution in [2.45, 2.75) is 31.4 Å². The lowest BCUT2D eigenvalue weighted by Gasteiger charge is -2.18. The van der Waals surface area contributed by atoms with Gasteiger partial charge in [0.05, 0.1) is 6.10 Å². The Morgan fingerprint density at radius 3 is 3.21 bits per heavy atom. The van der Waals surface area contributed by atoms with Crippen LogP contribution in [0.5, 0.6) is 0 Å². The zero-order valence-corrected chi connectivity index (χ0v) is 13.4. The average Bonchev–Trinajstić information content (AvgIpc) is 3.33. The summed E-state index contributed by atoms with van der Waals surface area (Å²) in [5, 5.41) is 18.2. The molecule has 0 bridgehead atoms. The van der Waals surface area contributed by atoms with Crippen LogP contribution in [0.1, 0.15) is 19.3 Å². The van der Waals surface area contributed by atoms with E-state index in [1.54, 1.807) is 10.8 Å². The van der Waals surface area contributed by atoms with E-state index in [1.807, 2.05) is 12.1 Å². The second-order valence-electron chi connectivity index (χ2n) is 6.25. The van der Waals surface area contributed by atoms with Gasteiger partial charge in [-0.15, -0.1) is 15.3 Å². The summed E-state index contributed by atoms with van der Waals surface area (Å²) in [7, 11) is 0. The number of ether oxygens (including phenoxy) is 1. The van der Waals surface area contributed by atoms with E-state index in [4.69, 9.17) is 4.74 Å². The molecule has 128 valence electrons. The second-order valence-corrected chi connectivity index (χ2v) is 6.25. The van der Waals surface area contributed by atoms with E-state index in [1.165, 1.54) is 0 Å². The minimum atomic E-state index is -0.125. The maximum absolute atomic E-state index is 12.0. The fraction of sp³-hybridized carbons (Fsp3) is 0.600. The molecule has 2 fully saturated rings. The van der Waals surface area contributed by atoms with Crippen LogP contribution in [0.3, 0.4) is 0 Å². The van der Waals surface area contributed by atoms with Crippen molar-refractivity contribution in [2.75, 3.05) is 31.1 Å². The molecule has 0 saturated carbocycles. The third kappa shape index (κ3) is 3.25. The van der Waals surface area contributed by atoms with Crippen LogP contribution in [0.25, 0.3) is 5.65 Å². The first-order chi connectivity index (χ1) is 11.8. The minimum Gasteiger partial charge on any atom is -0.376 e. The molecule has 24 heavy (non-hydrogen) atoms. The van der Waals surface area contributed by atoms with Gasteiger partial charge < -0.3 is 20.3 Å². The number of nitrogens with zero attached hydrogens (tertiary/aromatic N) is 5. The molecule has 2 atom stereocenters. The molecule has 2 aliphatic rings. The summed E-state index contributed by atoms with van der Waals surface area (Å²) in [6.45, 7) is 2.98. The summed E-state index contributed by atoms with van der Waals surface area (Å²) in [5.41, 5.74) is 0.723. The van der Waals surface area contributed by atoms with E-state index in [9.17, 15) is 4.79 Å². The van der Waals surface area contributed by atoms with Crippen molar-refractivity contribution < 1.29 is 9.53 Å². The van der Waals surface area contributed by atoms with Crippen molar-refractivity contribution in [3.8, 4) is 0 Å². The molecule has 9 heteroatoms. The van der Waals surface area contributed by atoms with Gasteiger partial charge in [-0.3, -0.25) is 0 Å². The van der Waals surface area contributed by atoms with Gasteiger partial charge in [0.25, 0.3) is 0 Å². The van der Waals surface area contributed by atoms with Crippen molar-refractivity contribution in [3.05, 3.63) is 18.5 Å². The van der Waals surface area contributed by atoms with Gasteiger partial charge in [-0.05, 0) is 31.4 Å². The number of hydrogen-bond donors (Lipinski definition) is 2. The van der Waals surface area contributed by atoms with Crippen LogP contribution >= 0.6 is 0 Å². The third-order valence-electron chi connectivity index (χ3n) is 4.51. The normalized spacial score (nSPS) is 23.8. The molecule has 2 aromatic heterocycles. The topological polar surface area (TPSA) is 96.7 Å². The molecule has 2 aromatic rings. The summed E-state index contributed by atoms with van der Waals surface area (Å²) in [6.07, 6.45) is 4.75. The molecule has 2 saturated heterocycles. The number of carbonyl (C=O) groups is 1. The zero-order valence-electron chi connectivity index (χ0n) is 13.4. The van der Waals surface area contributed by atoms with E-state index >= 15 is 0 Å². The van der Waals surface area contributed by atoms with E-state index < -0.39 is 0 Å². The molecule has 4 heterocycles. The molecule has 9 nitrogen and oxygen atoms in total. The van der Waals surface area contributed by atoms with Crippen LogP contribution < -0.4 is 15.5 Å². The van der Waals surface area contributed by atoms with Gasteiger partial charge in [-0.1, -0.05) is 0 Å². The maximum Gasteiger partial charge on any atom is 0.315 e. The van der Waals surface area contributed by atoms with Gasteiger partial charge in [0, 0.05) is 32.3 Å². The lowest BCUT2D eigenvalue weighted by Crippen LogP contribution is -2.45. The Hall–Kier alpha value is -2.42. The second kappa shape index (κ2) is 6.60. The summed E-state index contributed by atoms with van der Waals surface area (Å²) >= 11 is 0. The molecule has 0 spiro atoms. The van der Waals surface area contributed by atoms with E-state index in [-0.39, 0.29) is 18.2 Å². The Labute approximate surface area is 139 Å². The van der Waals surface area contributed by atoms with Crippen LogP contribution in [0, 0.1) is 0 Å². The minimum absolute atomic E-state index is 0.118. The molecule has 2 amide bonds. The fourth-order valence-corrected chi connectivity index (χ4v) is 3.22. The Bertz CT molecular complexity index is 713. The molecular weight excluding hydrogens is 310 g/mol. The van der Waals surface area contributed by atoms with Crippen molar-refractivity contribution in [3.63, 3.8) is 0 Å². The van der Waals surface area contributed by atoms with Gasteiger partial charge in [0.2, 0.25) is 0 Å². The summed E-state index contributed by atoms with van der Waals surface area (Å²) in [4.78, 5) is 14.2. The molecule has 4 rings (SSSR count). The van der Waals surface area contributed by atoms with Crippen molar-refractivity contribution >= 4 is 17.5 Å². The first-order valence-electron chi connectivity index (χ1n) is 8.36. The molecule has 2 unspecified atom stereocenters. The van der Waals surface area contributed by atoms with Crippen LogP contribution in [0.2, 0.25) is 0 Å². The Balaban J connectivity index is 1.28. The number of fused-ring (bicyclic) bond motifs is 1. The quantitative estimate of drug-likeness (QED) is 0.830. The number of aromatic nitrogens is 4. The fourth-order valence-electron chi connectivity index (χ4n) is 3.22. The van der Waals surface area contributed by atoms with E-state index in [0.717, 1.165) is 50.4 Å². The maximum atomic E-state index is 12.0. The first kappa shape index (κ1) is 15.1. The summed E-state index contributed by atoms with van der Waals surface area (Å²) in [5.74, 6) is 0.867. The lowest BCUT2D eigenvalue weighted by atomic mass is 10.2. The largest absolute Gasteiger partial charge is 0.376 e. The third-order valence-corrected chi connectivity index (χ3v) is 4.51. The molecule has 0 aliphatic carbocycles. The van der Waals surface area contributed by atoms with Gasteiger partial charge in [0.1, 0.15) is 12.1 Å². The smallest absolute Gasteiger partial charge is 0.315 e. The highest BCUT2D eigenvalue weighted by atomic mass is 16.5. The van der Waals surface area contributed by atoms with Gasteiger partial charge in [0.15, 0.2) is 5.65 Å². The Morgan fingerprint density at radius 2 is 2.33 bits per heavy atom.